The fraction of sp³-hybridized carbons (Fsp3) is 0.542. The molecule has 2 N–H and O–H groups in total. The fourth-order valence-corrected chi connectivity index (χ4v) is 9.37. The van der Waals surface area contributed by atoms with Gasteiger partial charge in [0.25, 0.3) is 5.91 Å². The molecule has 3 heterocycles. The van der Waals surface area contributed by atoms with Crippen molar-refractivity contribution >= 4 is 51.2 Å². The number of anilines is 1. The van der Waals surface area contributed by atoms with Crippen molar-refractivity contribution < 1.29 is 24.6 Å². The number of aliphatic hydroxyl groups is 1. The second kappa shape index (κ2) is 8.74. The Kier molecular flexibility index (Phi) is 6.44. The number of aliphatic carboxylic acids is 1. The van der Waals surface area contributed by atoms with Gasteiger partial charge in [0.1, 0.15) is 6.04 Å². The van der Waals surface area contributed by atoms with Gasteiger partial charge in [-0.15, -0.1) is 18.3 Å². The number of thioether (sulfide) groups is 1. The van der Waals surface area contributed by atoms with E-state index < -0.39 is 34.6 Å². The number of hydrogen-bond acceptors (Lipinski definition) is 5. The van der Waals surface area contributed by atoms with Crippen LogP contribution in [0, 0.1) is 25.7 Å². The molecule has 9 heteroatoms. The number of aryl methyl sites for hydroxylation is 2. The van der Waals surface area contributed by atoms with E-state index in [2.05, 4.69) is 22.5 Å². The number of carbonyl (C=O) groups is 3. The van der Waals surface area contributed by atoms with Crippen LogP contribution in [0.4, 0.5) is 5.69 Å². The zero-order chi connectivity index (χ0) is 24.2. The number of benzene rings is 1. The van der Waals surface area contributed by atoms with Crippen molar-refractivity contribution in [2.45, 2.75) is 54.1 Å². The summed E-state index contributed by atoms with van der Waals surface area (Å²) in [4.78, 5) is 43.2. The molecule has 3 fully saturated rings. The van der Waals surface area contributed by atoms with E-state index in [9.17, 15) is 24.6 Å². The highest BCUT2D eigenvalue weighted by atomic mass is 79.9. The van der Waals surface area contributed by atoms with E-state index in [0.29, 0.717) is 6.42 Å². The van der Waals surface area contributed by atoms with Crippen molar-refractivity contribution in [1.29, 1.82) is 0 Å². The van der Waals surface area contributed by atoms with E-state index in [0.717, 1.165) is 16.8 Å². The van der Waals surface area contributed by atoms with Crippen LogP contribution in [0.2, 0.25) is 0 Å². The summed E-state index contributed by atoms with van der Waals surface area (Å²) in [6, 6.07) is 4.38. The second-order valence-electron chi connectivity index (χ2n) is 9.31. The van der Waals surface area contributed by atoms with Crippen LogP contribution in [0.15, 0.2) is 30.9 Å². The van der Waals surface area contributed by atoms with Gasteiger partial charge in [0.05, 0.1) is 29.2 Å². The minimum absolute atomic E-state index is 0.110. The van der Waals surface area contributed by atoms with Gasteiger partial charge in [0, 0.05) is 22.3 Å². The zero-order valence-corrected chi connectivity index (χ0v) is 21.3. The van der Waals surface area contributed by atoms with Crippen molar-refractivity contribution in [1.82, 2.24) is 4.90 Å². The van der Waals surface area contributed by atoms with E-state index in [1.807, 2.05) is 32.0 Å². The first-order valence-corrected chi connectivity index (χ1v) is 12.9. The van der Waals surface area contributed by atoms with Crippen molar-refractivity contribution in [3.05, 3.63) is 42.0 Å². The Balaban J connectivity index is 1.86. The Morgan fingerprint density at radius 2 is 2.12 bits per heavy atom. The molecule has 1 aromatic rings. The molecular weight excluding hydrogens is 508 g/mol. The molecule has 3 aliphatic heterocycles. The quantitative estimate of drug-likeness (QED) is 0.410. The molecule has 2 bridgehead atoms. The highest BCUT2D eigenvalue weighted by Gasteiger charge is 2.76. The van der Waals surface area contributed by atoms with E-state index in [1.54, 1.807) is 17.9 Å². The zero-order valence-electron chi connectivity index (χ0n) is 18.9. The summed E-state index contributed by atoms with van der Waals surface area (Å²) in [5, 5.41) is 19.7. The Hall–Kier alpha value is -1.84. The van der Waals surface area contributed by atoms with Gasteiger partial charge < -0.3 is 20.0 Å². The Morgan fingerprint density at radius 1 is 1.42 bits per heavy atom. The van der Waals surface area contributed by atoms with Crippen LogP contribution >= 0.6 is 27.7 Å². The topological polar surface area (TPSA) is 98.2 Å². The number of carboxylic acids is 1. The van der Waals surface area contributed by atoms with Crippen LogP contribution in [0.1, 0.15) is 24.5 Å². The van der Waals surface area contributed by atoms with Crippen molar-refractivity contribution in [3.8, 4) is 0 Å². The first-order chi connectivity index (χ1) is 15.6. The third kappa shape index (κ3) is 3.54. The molecule has 2 amide bonds. The number of likely N-dealkylation sites (tertiary alicyclic amines) is 1. The molecular formula is C24H29BrN2O5S. The molecule has 1 spiro atoms. The van der Waals surface area contributed by atoms with Gasteiger partial charge in [-0.1, -0.05) is 34.1 Å². The van der Waals surface area contributed by atoms with Crippen LogP contribution in [-0.2, 0) is 14.4 Å². The fourth-order valence-electron chi connectivity index (χ4n) is 5.79. The predicted molar refractivity (Wildman–Crippen MR) is 132 cm³/mol. The second-order valence-corrected chi connectivity index (χ2v) is 12.0. The number of hydrogen-bond donors (Lipinski definition) is 2. The molecule has 0 saturated carbocycles. The van der Waals surface area contributed by atoms with Crippen LogP contribution in [0.3, 0.4) is 0 Å². The molecule has 178 valence electrons. The van der Waals surface area contributed by atoms with Gasteiger partial charge in [-0.05, 0) is 44.4 Å². The number of rotatable bonds is 7. The number of halogens is 1. The van der Waals surface area contributed by atoms with E-state index in [-0.39, 0.29) is 35.0 Å². The number of alkyl halides is 1. The number of carbonyl (C=O) groups excluding carboxylic acids is 2. The highest BCUT2D eigenvalue weighted by molar-refractivity contribution is 9.09. The van der Waals surface area contributed by atoms with Crippen LogP contribution < -0.4 is 4.90 Å². The van der Waals surface area contributed by atoms with Crippen LogP contribution in [0.5, 0.6) is 0 Å². The number of aliphatic hydroxyl groups excluding tert-OH is 1. The molecule has 1 aromatic carbocycles. The Labute approximate surface area is 206 Å². The van der Waals surface area contributed by atoms with Crippen molar-refractivity contribution in [3.63, 3.8) is 0 Å². The van der Waals surface area contributed by atoms with E-state index in [4.69, 9.17) is 0 Å². The summed E-state index contributed by atoms with van der Waals surface area (Å²) in [5.41, 5.74) is 2.66. The van der Waals surface area contributed by atoms with Crippen LogP contribution in [-0.4, -0.2) is 73.0 Å². The summed E-state index contributed by atoms with van der Waals surface area (Å²) in [6.45, 7) is 9.35. The number of fused-ring (bicyclic) bond motifs is 1. The average Bonchev–Trinajstić information content (AvgIpc) is 3.36. The maximum Gasteiger partial charge on any atom is 0.308 e. The normalized spacial score (nSPS) is 33.2. The smallest absolute Gasteiger partial charge is 0.308 e. The molecule has 3 saturated heterocycles. The first-order valence-electron chi connectivity index (χ1n) is 11.1. The van der Waals surface area contributed by atoms with E-state index >= 15 is 0 Å². The van der Waals surface area contributed by atoms with Gasteiger partial charge in [-0.3, -0.25) is 14.4 Å². The molecule has 0 aliphatic carbocycles. The monoisotopic (exact) mass is 536 g/mol. The standard InChI is InChI=1S/C24H29BrN2O5S/c1-5-8-26(16-9-12(2)6-7-13(16)3)22(30)20-24-10-15(25)19(33-24)17(23(31)32)18(24)21(29)27(20)14(4)11-28/h5-7,9,14-15,17-20,28H,1,8,10-11H2,2-4H3,(H,31,32)/t14-,15?,17-,18+,19-,20?,24?/m1/s1. The molecule has 0 radical (unpaired) electrons. The van der Waals surface area contributed by atoms with Crippen molar-refractivity contribution in [2.24, 2.45) is 11.8 Å². The van der Waals surface area contributed by atoms with Gasteiger partial charge in [0.15, 0.2) is 0 Å². The maximum absolute atomic E-state index is 14.3. The van der Waals surface area contributed by atoms with Crippen LogP contribution in [0.25, 0.3) is 0 Å². The third-order valence-electron chi connectivity index (χ3n) is 7.22. The molecule has 7 nitrogen and oxygen atoms in total. The summed E-state index contributed by atoms with van der Waals surface area (Å²) >= 11 is 5.09. The lowest BCUT2D eigenvalue weighted by Gasteiger charge is -2.39. The van der Waals surface area contributed by atoms with Gasteiger partial charge in [-0.25, -0.2) is 0 Å². The SMILES string of the molecule is C=CCN(C(=O)C1N([C@H](C)CO)C(=O)[C@@H]2[C@@H](C(=O)O)[C@@H]3SC12CC3Br)c1cc(C)ccc1C. The van der Waals surface area contributed by atoms with Crippen molar-refractivity contribution in [2.75, 3.05) is 18.1 Å². The first kappa shape index (κ1) is 24.3. The minimum Gasteiger partial charge on any atom is -0.481 e. The lowest BCUT2D eigenvalue weighted by molar-refractivity contribution is -0.149. The maximum atomic E-state index is 14.3. The summed E-state index contributed by atoms with van der Waals surface area (Å²) in [6.07, 6.45) is 2.17. The molecule has 3 aliphatic rings. The van der Waals surface area contributed by atoms with Gasteiger partial charge in [0.2, 0.25) is 5.91 Å². The summed E-state index contributed by atoms with van der Waals surface area (Å²) in [7, 11) is 0. The number of carboxylic acid groups (broad SMARTS) is 1. The van der Waals surface area contributed by atoms with Gasteiger partial charge in [-0.2, -0.15) is 0 Å². The molecule has 0 aromatic heterocycles. The van der Waals surface area contributed by atoms with Gasteiger partial charge >= 0.3 is 5.97 Å². The predicted octanol–water partition coefficient (Wildman–Crippen LogP) is 2.75. The molecule has 33 heavy (non-hydrogen) atoms. The molecule has 4 rings (SSSR count). The average molecular weight is 537 g/mol. The molecule has 3 unspecified atom stereocenters. The largest absolute Gasteiger partial charge is 0.481 e. The van der Waals surface area contributed by atoms with E-state index in [1.165, 1.54) is 16.7 Å². The number of nitrogens with zero attached hydrogens (tertiary/aromatic N) is 2. The lowest BCUT2D eigenvalue weighted by atomic mass is 9.71. The lowest BCUT2D eigenvalue weighted by Crippen LogP contribution is -2.57. The summed E-state index contributed by atoms with van der Waals surface area (Å²) < 4.78 is -0.864. The highest BCUT2D eigenvalue weighted by Crippen LogP contribution is 2.68. The minimum atomic E-state index is -1.01. The molecule has 7 atom stereocenters. The summed E-state index contributed by atoms with van der Waals surface area (Å²) in [5.74, 6) is -3.31. The Morgan fingerprint density at radius 3 is 2.73 bits per heavy atom. The third-order valence-corrected chi connectivity index (χ3v) is 10.4. The Bertz CT molecular complexity index is 1020. The number of amides is 2.